The lowest BCUT2D eigenvalue weighted by molar-refractivity contribution is 0.0513. The topological polar surface area (TPSA) is 18.5 Å². The Hall–Kier alpha value is 0.170. The molecule has 0 radical (unpaired) electrons. The minimum Gasteiger partial charge on any atom is -0.376 e. The third-order valence-corrected chi connectivity index (χ3v) is 1.90. The number of hydrogen-bond acceptors (Lipinski definition) is 2. The van der Waals surface area contributed by atoms with E-state index >= 15 is 0 Å². The predicted molar refractivity (Wildman–Crippen MR) is 63.9 cm³/mol. The predicted octanol–water partition coefficient (Wildman–Crippen LogP) is 3.46. The zero-order valence-corrected chi connectivity index (χ0v) is 10.7. The van der Waals surface area contributed by atoms with E-state index in [1.165, 1.54) is 5.54 Å². The van der Waals surface area contributed by atoms with Gasteiger partial charge in [-0.2, -0.15) is 0 Å². The number of halogens is 2. The van der Waals surface area contributed by atoms with E-state index in [9.17, 15) is 0 Å². The molecule has 0 spiro atoms. The summed E-state index contributed by atoms with van der Waals surface area (Å²) in [6.45, 7) is 7.46. The molecule has 0 aliphatic carbocycles. The van der Waals surface area contributed by atoms with Crippen LogP contribution >= 0.6 is 27.5 Å². The van der Waals surface area contributed by atoms with Gasteiger partial charge in [-0.1, -0.05) is 34.1 Å². The van der Waals surface area contributed by atoms with Gasteiger partial charge in [-0.15, -0.1) is 0 Å². The van der Waals surface area contributed by atoms with Crippen LogP contribution in [0.25, 0.3) is 0 Å². The second-order valence-electron chi connectivity index (χ2n) is 2.86. The average molecular weight is 284 g/mol. The maximum atomic E-state index is 5.40. The highest BCUT2D eigenvalue weighted by molar-refractivity contribution is 9.11. The van der Waals surface area contributed by atoms with Gasteiger partial charge in [0, 0.05) is 16.6 Å². The van der Waals surface area contributed by atoms with Crippen molar-refractivity contribution < 1.29 is 9.47 Å². The first-order valence-corrected chi connectivity index (χ1v) is 5.67. The largest absolute Gasteiger partial charge is 0.376 e. The Morgan fingerprint density at radius 3 is 2.93 bits per heavy atom. The van der Waals surface area contributed by atoms with Gasteiger partial charge < -0.3 is 9.47 Å². The van der Waals surface area contributed by atoms with Gasteiger partial charge in [0.2, 0.25) is 0 Å². The molecule has 0 fully saturated rings. The molecule has 0 bridgehead atoms. The molecule has 0 aliphatic rings. The Kier molecular flexibility index (Phi) is 9.83. The van der Waals surface area contributed by atoms with Crippen LogP contribution in [0.5, 0.6) is 0 Å². The van der Waals surface area contributed by atoms with Gasteiger partial charge in [0.25, 0.3) is 0 Å². The van der Waals surface area contributed by atoms with Crippen molar-refractivity contribution in [3.05, 3.63) is 22.7 Å². The van der Waals surface area contributed by atoms with E-state index in [0.717, 1.165) is 10.9 Å². The highest BCUT2D eigenvalue weighted by atomic mass is 79.9. The Labute approximate surface area is 99.0 Å². The maximum absolute atomic E-state index is 5.40. The first kappa shape index (κ1) is 14.2. The first-order valence-electron chi connectivity index (χ1n) is 4.44. The van der Waals surface area contributed by atoms with Gasteiger partial charge in [-0.3, -0.25) is 0 Å². The summed E-state index contributed by atoms with van der Waals surface area (Å²) >= 11 is 8.56. The lowest BCUT2D eigenvalue weighted by atomic mass is 10.3. The molecular weight excluding hydrogens is 267 g/mol. The molecule has 0 amide bonds. The van der Waals surface area contributed by atoms with E-state index in [-0.39, 0.29) is 6.10 Å². The zero-order chi connectivity index (χ0) is 10.8. The van der Waals surface area contributed by atoms with Crippen LogP contribution in [0.15, 0.2) is 22.7 Å². The van der Waals surface area contributed by atoms with Crippen molar-refractivity contribution in [2.24, 2.45) is 0 Å². The van der Waals surface area contributed by atoms with Crippen LogP contribution in [-0.2, 0) is 9.47 Å². The molecule has 0 aromatic carbocycles. The monoisotopic (exact) mass is 282 g/mol. The third-order valence-electron chi connectivity index (χ3n) is 1.49. The van der Waals surface area contributed by atoms with Gasteiger partial charge in [0.1, 0.15) is 0 Å². The van der Waals surface area contributed by atoms with Crippen LogP contribution in [0.1, 0.15) is 13.3 Å². The summed E-state index contributed by atoms with van der Waals surface area (Å²) in [4.78, 5) is 0. The van der Waals surface area contributed by atoms with Gasteiger partial charge in [-0.25, -0.2) is 0 Å². The van der Waals surface area contributed by atoms with Crippen molar-refractivity contribution in [2.75, 3.05) is 19.8 Å². The fraction of sp³-hybridized carbons (Fsp3) is 0.600. The first-order chi connectivity index (χ1) is 6.66. The van der Waals surface area contributed by atoms with Gasteiger partial charge >= 0.3 is 0 Å². The molecule has 0 saturated carbocycles. The fourth-order valence-electron chi connectivity index (χ4n) is 0.772. The Balaban J connectivity index is 3.26. The second-order valence-corrected chi connectivity index (χ2v) is 4.24. The highest BCUT2D eigenvalue weighted by Crippen LogP contribution is 2.03. The normalized spacial score (nSPS) is 13.4. The van der Waals surface area contributed by atoms with Crippen LogP contribution in [0.3, 0.4) is 0 Å². The van der Waals surface area contributed by atoms with Crippen molar-refractivity contribution in [1.82, 2.24) is 0 Å². The Bertz CT molecular complexity index is 183. The summed E-state index contributed by atoms with van der Waals surface area (Å²) < 4.78 is 11.6. The standard InChI is InChI=1S/C10H16BrClO2/c1-9(11)8-13-7-4-10(2)14-6-3-5-12/h3,5,10H,1,4,6-8H2,2H3. The fourth-order valence-corrected chi connectivity index (χ4v) is 1.01. The molecule has 0 aromatic rings. The van der Waals surface area contributed by atoms with Crippen molar-refractivity contribution in [3.63, 3.8) is 0 Å². The van der Waals surface area contributed by atoms with Gasteiger partial charge in [0.05, 0.1) is 19.3 Å². The van der Waals surface area contributed by atoms with Crippen molar-refractivity contribution in [3.8, 4) is 0 Å². The SMILES string of the molecule is C=C(Br)COCCC(C)OCC=CCl. The molecule has 0 heterocycles. The lowest BCUT2D eigenvalue weighted by Crippen LogP contribution is -2.12. The number of ether oxygens (including phenoxy) is 2. The number of rotatable bonds is 8. The molecule has 0 rings (SSSR count). The molecule has 4 heteroatoms. The lowest BCUT2D eigenvalue weighted by Gasteiger charge is -2.11. The molecule has 14 heavy (non-hydrogen) atoms. The minimum absolute atomic E-state index is 0.187. The molecule has 2 nitrogen and oxygen atoms in total. The summed E-state index contributed by atoms with van der Waals surface area (Å²) in [6, 6.07) is 0. The van der Waals surface area contributed by atoms with E-state index in [1.807, 2.05) is 6.92 Å². The quantitative estimate of drug-likeness (QED) is 0.635. The van der Waals surface area contributed by atoms with E-state index in [0.29, 0.717) is 19.8 Å². The zero-order valence-electron chi connectivity index (χ0n) is 8.34. The average Bonchev–Trinajstić information content (AvgIpc) is 2.13. The van der Waals surface area contributed by atoms with Crippen molar-refractivity contribution in [2.45, 2.75) is 19.4 Å². The summed E-state index contributed by atoms with van der Waals surface area (Å²) in [5.41, 5.74) is 1.46. The third kappa shape index (κ3) is 10.3. The summed E-state index contributed by atoms with van der Waals surface area (Å²) in [6.07, 6.45) is 2.82. The van der Waals surface area contributed by atoms with Crippen molar-refractivity contribution >= 4 is 27.5 Å². The maximum Gasteiger partial charge on any atom is 0.0775 e. The smallest absolute Gasteiger partial charge is 0.0775 e. The number of hydrogen-bond donors (Lipinski definition) is 0. The highest BCUT2D eigenvalue weighted by Gasteiger charge is 2.00. The van der Waals surface area contributed by atoms with E-state index in [2.05, 4.69) is 22.5 Å². The van der Waals surface area contributed by atoms with Crippen LogP contribution in [0, 0.1) is 0 Å². The molecule has 1 unspecified atom stereocenters. The van der Waals surface area contributed by atoms with Gasteiger partial charge in [0.15, 0.2) is 0 Å². The van der Waals surface area contributed by atoms with Crippen LogP contribution in [0.2, 0.25) is 0 Å². The van der Waals surface area contributed by atoms with Gasteiger partial charge in [-0.05, 0) is 19.4 Å². The van der Waals surface area contributed by atoms with Crippen molar-refractivity contribution in [1.29, 1.82) is 0 Å². The van der Waals surface area contributed by atoms with E-state index in [4.69, 9.17) is 21.1 Å². The molecule has 0 saturated heterocycles. The summed E-state index contributed by atoms with van der Waals surface area (Å²) in [5, 5.41) is 0. The molecule has 0 aliphatic heterocycles. The van der Waals surface area contributed by atoms with Crippen LogP contribution < -0.4 is 0 Å². The molecular formula is C10H16BrClO2. The van der Waals surface area contributed by atoms with E-state index in [1.54, 1.807) is 6.08 Å². The van der Waals surface area contributed by atoms with Crippen LogP contribution in [-0.4, -0.2) is 25.9 Å². The Morgan fingerprint density at radius 1 is 1.64 bits per heavy atom. The second kappa shape index (κ2) is 9.71. The van der Waals surface area contributed by atoms with E-state index < -0.39 is 0 Å². The summed E-state index contributed by atoms with van der Waals surface area (Å²) in [5.74, 6) is 0. The molecule has 0 N–H and O–H groups in total. The van der Waals surface area contributed by atoms with Crippen LogP contribution in [0.4, 0.5) is 0 Å². The molecule has 0 aromatic heterocycles. The minimum atomic E-state index is 0.187. The summed E-state index contributed by atoms with van der Waals surface area (Å²) in [7, 11) is 0. The molecule has 82 valence electrons. The Morgan fingerprint density at radius 2 is 2.36 bits per heavy atom. The molecule has 1 atom stereocenters.